The van der Waals surface area contributed by atoms with Gasteiger partial charge in [0.2, 0.25) is 0 Å². The molecule has 0 radical (unpaired) electrons. The van der Waals surface area contributed by atoms with Crippen LogP contribution in [-0.4, -0.2) is 5.97 Å². The van der Waals surface area contributed by atoms with Crippen LogP contribution < -0.4 is 4.74 Å². The third-order valence-electron chi connectivity index (χ3n) is 5.06. The van der Waals surface area contributed by atoms with Crippen LogP contribution in [0.3, 0.4) is 0 Å². The molecule has 0 spiro atoms. The zero-order chi connectivity index (χ0) is 17.2. The van der Waals surface area contributed by atoms with Crippen molar-refractivity contribution in [2.75, 3.05) is 0 Å². The molecule has 0 aliphatic heterocycles. The van der Waals surface area contributed by atoms with Crippen molar-refractivity contribution in [2.24, 2.45) is 11.8 Å². The summed E-state index contributed by atoms with van der Waals surface area (Å²) in [5.41, 5.74) is 1.59. The van der Waals surface area contributed by atoms with Crippen LogP contribution >= 0.6 is 0 Å². The first-order valence-corrected chi connectivity index (χ1v) is 9.63. The Balaban J connectivity index is 1.86. The molecule has 2 atom stereocenters. The van der Waals surface area contributed by atoms with Crippen LogP contribution in [0.5, 0.6) is 5.75 Å². The maximum atomic E-state index is 12.1. The van der Waals surface area contributed by atoms with E-state index in [0.29, 0.717) is 18.1 Å². The molecular formula is C22H32O2. The monoisotopic (exact) mass is 328 g/mol. The summed E-state index contributed by atoms with van der Waals surface area (Å²) in [5, 5.41) is 0. The minimum absolute atomic E-state index is 0.105. The van der Waals surface area contributed by atoms with E-state index < -0.39 is 0 Å². The second-order valence-corrected chi connectivity index (χ2v) is 7.18. The molecule has 1 aliphatic rings. The highest BCUT2D eigenvalue weighted by Gasteiger charge is 2.20. The van der Waals surface area contributed by atoms with Crippen LogP contribution in [0.25, 0.3) is 0 Å². The largest absolute Gasteiger partial charge is 0.427 e. The first-order chi connectivity index (χ1) is 11.7. The van der Waals surface area contributed by atoms with E-state index in [-0.39, 0.29) is 5.97 Å². The van der Waals surface area contributed by atoms with Crippen LogP contribution in [0.1, 0.15) is 71.6 Å². The number of benzene rings is 1. The normalized spacial score (nSPS) is 18.8. The predicted molar refractivity (Wildman–Crippen MR) is 100 cm³/mol. The average molecular weight is 328 g/mol. The first-order valence-electron chi connectivity index (χ1n) is 9.63. The van der Waals surface area contributed by atoms with E-state index in [1.165, 1.54) is 44.9 Å². The lowest BCUT2D eigenvalue weighted by molar-refractivity contribution is -0.134. The second kappa shape index (κ2) is 10.3. The molecule has 24 heavy (non-hydrogen) atoms. The molecule has 0 amide bonds. The fourth-order valence-electron chi connectivity index (χ4n) is 3.48. The van der Waals surface area contributed by atoms with E-state index in [4.69, 9.17) is 4.74 Å². The van der Waals surface area contributed by atoms with Gasteiger partial charge in [0.1, 0.15) is 5.75 Å². The molecule has 0 saturated carbocycles. The predicted octanol–water partition coefficient (Wildman–Crippen LogP) is 6.32. The minimum atomic E-state index is -0.105. The molecule has 0 heterocycles. The van der Waals surface area contributed by atoms with Gasteiger partial charge in [0, 0.05) is 6.42 Å². The Labute approximate surface area is 147 Å². The lowest BCUT2D eigenvalue weighted by atomic mass is 9.80. The molecule has 1 aliphatic carbocycles. The lowest BCUT2D eigenvalue weighted by Gasteiger charge is -2.25. The van der Waals surface area contributed by atoms with Gasteiger partial charge in [-0.25, -0.2) is 0 Å². The average Bonchev–Trinajstić information content (AvgIpc) is 2.60. The van der Waals surface area contributed by atoms with Gasteiger partial charge in [-0.3, -0.25) is 4.79 Å². The first kappa shape index (κ1) is 18.8. The third-order valence-corrected chi connectivity index (χ3v) is 5.06. The van der Waals surface area contributed by atoms with Crippen molar-refractivity contribution >= 4 is 5.97 Å². The fraction of sp³-hybridized carbons (Fsp3) is 0.591. The smallest absolute Gasteiger partial charge is 0.311 e. The summed E-state index contributed by atoms with van der Waals surface area (Å²) in [6.07, 6.45) is 12.6. The highest BCUT2D eigenvalue weighted by Crippen LogP contribution is 2.33. The van der Waals surface area contributed by atoms with Gasteiger partial charge in [0.05, 0.1) is 0 Å². The highest BCUT2D eigenvalue weighted by molar-refractivity contribution is 5.72. The van der Waals surface area contributed by atoms with Crippen molar-refractivity contribution < 1.29 is 9.53 Å². The van der Waals surface area contributed by atoms with Crippen LogP contribution in [0, 0.1) is 11.8 Å². The zero-order valence-corrected chi connectivity index (χ0v) is 15.3. The summed E-state index contributed by atoms with van der Waals surface area (Å²) >= 11 is 0. The fourth-order valence-corrected chi connectivity index (χ4v) is 3.48. The number of ether oxygens (including phenoxy) is 1. The van der Waals surface area contributed by atoms with Crippen LogP contribution in [-0.2, 0) is 4.79 Å². The standard InChI is InChI=1S/C22H32O2/c1-3-4-6-9-19(20-14-12-18(2)13-15-20)16-17-22(23)24-21-10-7-5-8-11-21/h5,7-8,10-11,14,18-19H,3-4,6,9,12-13,15-17H2,1-2H3. The van der Waals surface area contributed by atoms with Crippen LogP contribution in [0.4, 0.5) is 0 Å². The molecule has 1 aromatic rings. The Morgan fingerprint density at radius 1 is 1.21 bits per heavy atom. The Bertz CT molecular complexity index is 518. The molecule has 0 N–H and O–H groups in total. The summed E-state index contributed by atoms with van der Waals surface area (Å²) in [4.78, 5) is 12.1. The Morgan fingerprint density at radius 2 is 2.00 bits per heavy atom. The summed E-state index contributed by atoms with van der Waals surface area (Å²) in [6.45, 7) is 4.57. The quantitative estimate of drug-likeness (QED) is 0.230. The highest BCUT2D eigenvalue weighted by atomic mass is 16.5. The van der Waals surface area contributed by atoms with Gasteiger partial charge in [-0.1, -0.05) is 63.0 Å². The second-order valence-electron chi connectivity index (χ2n) is 7.18. The molecule has 0 bridgehead atoms. The molecule has 2 nitrogen and oxygen atoms in total. The van der Waals surface area contributed by atoms with Gasteiger partial charge in [-0.15, -0.1) is 0 Å². The van der Waals surface area contributed by atoms with E-state index in [2.05, 4.69) is 19.9 Å². The number of carbonyl (C=O) groups is 1. The van der Waals surface area contributed by atoms with Crippen molar-refractivity contribution in [1.82, 2.24) is 0 Å². The van der Waals surface area contributed by atoms with E-state index in [9.17, 15) is 4.79 Å². The van der Waals surface area contributed by atoms with E-state index >= 15 is 0 Å². The number of carbonyl (C=O) groups excluding carboxylic acids is 1. The van der Waals surface area contributed by atoms with Gasteiger partial charge in [-0.2, -0.15) is 0 Å². The van der Waals surface area contributed by atoms with Gasteiger partial charge in [0.25, 0.3) is 0 Å². The maximum Gasteiger partial charge on any atom is 0.311 e. The molecule has 0 saturated heterocycles. The molecule has 2 rings (SSSR count). The van der Waals surface area contributed by atoms with Gasteiger partial charge >= 0.3 is 5.97 Å². The van der Waals surface area contributed by atoms with Gasteiger partial charge in [-0.05, 0) is 56.1 Å². The van der Waals surface area contributed by atoms with Crippen LogP contribution in [0.15, 0.2) is 42.0 Å². The molecular weight excluding hydrogens is 296 g/mol. The zero-order valence-electron chi connectivity index (χ0n) is 15.3. The van der Waals surface area contributed by atoms with E-state index in [1.807, 2.05) is 30.3 Å². The molecule has 0 fully saturated rings. The molecule has 2 heteroatoms. The van der Waals surface area contributed by atoms with E-state index in [0.717, 1.165) is 12.3 Å². The Kier molecular flexibility index (Phi) is 8.07. The minimum Gasteiger partial charge on any atom is -0.427 e. The van der Waals surface area contributed by atoms with Gasteiger partial charge in [0.15, 0.2) is 0 Å². The molecule has 1 aromatic carbocycles. The Hall–Kier alpha value is -1.57. The molecule has 132 valence electrons. The number of esters is 1. The van der Waals surface area contributed by atoms with Crippen molar-refractivity contribution in [3.8, 4) is 5.75 Å². The third kappa shape index (κ3) is 6.51. The number of allylic oxidation sites excluding steroid dienone is 2. The molecule has 0 aromatic heterocycles. The van der Waals surface area contributed by atoms with E-state index in [1.54, 1.807) is 5.57 Å². The SMILES string of the molecule is CCCCCC(CCC(=O)Oc1ccccc1)C1=CCC(C)CC1. The number of hydrogen-bond acceptors (Lipinski definition) is 2. The summed E-state index contributed by atoms with van der Waals surface area (Å²) in [5.74, 6) is 1.92. The van der Waals surface area contributed by atoms with Crippen LogP contribution in [0.2, 0.25) is 0 Å². The number of rotatable bonds is 9. The van der Waals surface area contributed by atoms with Crippen molar-refractivity contribution in [3.63, 3.8) is 0 Å². The summed E-state index contributed by atoms with van der Waals surface area (Å²) in [6, 6.07) is 9.38. The van der Waals surface area contributed by atoms with Crippen molar-refractivity contribution in [3.05, 3.63) is 42.0 Å². The Morgan fingerprint density at radius 3 is 2.67 bits per heavy atom. The van der Waals surface area contributed by atoms with Crippen molar-refractivity contribution in [2.45, 2.75) is 71.6 Å². The summed E-state index contributed by atoms with van der Waals surface area (Å²) < 4.78 is 5.44. The molecule has 2 unspecified atom stereocenters. The topological polar surface area (TPSA) is 26.3 Å². The maximum absolute atomic E-state index is 12.1. The summed E-state index contributed by atoms with van der Waals surface area (Å²) in [7, 11) is 0. The number of para-hydroxylation sites is 1. The number of unbranched alkanes of at least 4 members (excludes halogenated alkanes) is 2. The number of hydrogen-bond donors (Lipinski definition) is 0. The lowest BCUT2D eigenvalue weighted by Crippen LogP contribution is -2.14. The van der Waals surface area contributed by atoms with Crippen molar-refractivity contribution in [1.29, 1.82) is 0 Å². The van der Waals surface area contributed by atoms with Gasteiger partial charge < -0.3 is 4.74 Å².